The smallest absolute Gasteiger partial charge is 0.255 e. The van der Waals surface area contributed by atoms with Crippen LogP contribution < -0.4 is 14.8 Å². The van der Waals surface area contributed by atoms with E-state index in [0.29, 0.717) is 5.56 Å². The molecule has 1 aliphatic heterocycles. The third kappa shape index (κ3) is 5.06. The van der Waals surface area contributed by atoms with E-state index in [9.17, 15) is 4.79 Å². The van der Waals surface area contributed by atoms with Crippen LogP contribution >= 0.6 is 0 Å². The van der Waals surface area contributed by atoms with Crippen LogP contribution in [0.1, 0.15) is 27.0 Å². The quantitative estimate of drug-likeness (QED) is 0.614. The first-order chi connectivity index (χ1) is 15.2. The molecule has 0 aromatic heterocycles. The molecule has 3 aromatic rings. The Hall–Kier alpha value is -3.31. The first-order valence-corrected chi connectivity index (χ1v) is 10.6. The van der Waals surface area contributed by atoms with Gasteiger partial charge in [-0.05, 0) is 65.9 Å². The number of methoxy groups -OCH3 is 2. The van der Waals surface area contributed by atoms with E-state index in [1.165, 1.54) is 16.7 Å². The predicted molar refractivity (Wildman–Crippen MR) is 123 cm³/mol. The fraction of sp³-hybridized carbons (Fsp3) is 0.269. The van der Waals surface area contributed by atoms with Gasteiger partial charge in [-0.15, -0.1) is 0 Å². The van der Waals surface area contributed by atoms with Crippen molar-refractivity contribution >= 4 is 11.6 Å². The molecular formula is C26H28N2O3. The van der Waals surface area contributed by atoms with Crippen molar-refractivity contribution in [2.45, 2.75) is 19.4 Å². The second-order valence-electron chi connectivity index (χ2n) is 7.77. The standard InChI is InChI=1S/C26H28N2O3/c1-30-24-16-21-13-15-28(18-22(21)17-25(24)31-2)14-12-19-8-10-23(11-9-19)27-26(29)20-6-4-3-5-7-20/h3-11,16-17H,12-15,18H2,1-2H3,(H,27,29). The number of ether oxygens (including phenoxy) is 2. The lowest BCUT2D eigenvalue weighted by atomic mass is 9.98. The van der Waals surface area contributed by atoms with Gasteiger partial charge in [-0.25, -0.2) is 0 Å². The van der Waals surface area contributed by atoms with Crippen LogP contribution in [0.4, 0.5) is 5.69 Å². The molecule has 1 aliphatic rings. The maximum atomic E-state index is 12.3. The highest BCUT2D eigenvalue weighted by Crippen LogP contribution is 2.33. The zero-order valence-corrected chi connectivity index (χ0v) is 18.1. The minimum atomic E-state index is -0.0904. The summed E-state index contributed by atoms with van der Waals surface area (Å²) in [6.45, 7) is 2.94. The first kappa shape index (κ1) is 20.9. The lowest BCUT2D eigenvalue weighted by Crippen LogP contribution is -2.32. The Kier molecular flexibility index (Phi) is 6.53. The van der Waals surface area contributed by atoms with E-state index >= 15 is 0 Å². The molecule has 5 nitrogen and oxygen atoms in total. The van der Waals surface area contributed by atoms with Gasteiger partial charge in [0.2, 0.25) is 0 Å². The number of carbonyl (C=O) groups excluding carboxylic acids is 1. The number of hydrogen-bond acceptors (Lipinski definition) is 4. The Labute approximate surface area is 183 Å². The van der Waals surface area contributed by atoms with Crippen LogP contribution in [0.15, 0.2) is 66.7 Å². The first-order valence-electron chi connectivity index (χ1n) is 10.6. The number of benzene rings is 3. The fourth-order valence-corrected chi connectivity index (χ4v) is 3.97. The minimum absolute atomic E-state index is 0.0904. The van der Waals surface area contributed by atoms with Crippen LogP contribution in [-0.4, -0.2) is 38.1 Å². The Balaban J connectivity index is 1.32. The molecule has 0 aliphatic carbocycles. The molecular weight excluding hydrogens is 388 g/mol. The van der Waals surface area contributed by atoms with Crippen molar-refractivity contribution in [3.05, 3.63) is 89.0 Å². The van der Waals surface area contributed by atoms with Gasteiger partial charge in [-0.2, -0.15) is 0 Å². The summed E-state index contributed by atoms with van der Waals surface area (Å²) >= 11 is 0. The summed E-state index contributed by atoms with van der Waals surface area (Å²) in [4.78, 5) is 14.8. The van der Waals surface area contributed by atoms with E-state index in [1.54, 1.807) is 14.2 Å². The number of carbonyl (C=O) groups is 1. The van der Waals surface area contributed by atoms with Gasteiger partial charge in [0.05, 0.1) is 14.2 Å². The van der Waals surface area contributed by atoms with E-state index in [4.69, 9.17) is 9.47 Å². The topological polar surface area (TPSA) is 50.8 Å². The van der Waals surface area contributed by atoms with Crippen molar-refractivity contribution in [3.8, 4) is 11.5 Å². The van der Waals surface area contributed by atoms with Gasteiger partial charge in [0.15, 0.2) is 11.5 Å². The predicted octanol–water partition coefficient (Wildman–Crippen LogP) is 4.56. The van der Waals surface area contributed by atoms with E-state index in [2.05, 4.69) is 34.5 Å². The summed E-state index contributed by atoms with van der Waals surface area (Å²) in [5.74, 6) is 1.50. The molecule has 0 radical (unpaired) electrons. The molecule has 3 aromatic carbocycles. The maximum absolute atomic E-state index is 12.3. The van der Waals surface area contributed by atoms with Crippen LogP contribution in [0.3, 0.4) is 0 Å². The molecule has 0 bridgehead atoms. The number of nitrogens with one attached hydrogen (secondary N) is 1. The summed E-state index contributed by atoms with van der Waals surface area (Å²) in [7, 11) is 3.36. The van der Waals surface area contributed by atoms with Crippen LogP contribution in [0.5, 0.6) is 11.5 Å². The minimum Gasteiger partial charge on any atom is -0.493 e. The summed E-state index contributed by atoms with van der Waals surface area (Å²) in [6, 6.07) is 21.6. The molecule has 0 saturated heterocycles. The largest absolute Gasteiger partial charge is 0.493 e. The monoisotopic (exact) mass is 416 g/mol. The molecule has 1 N–H and O–H groups in total. The highest BCUT2D eigenvalue weighted by molar-refractivity contribution is 6.04. The van der Waals surface area contributed by atoms with E-state index < -0.39 is 0 Å². The molecule has 1 amide bonds. The lowest BCUT2D eigenvalue weighted by molar-refractivity contribution is 0.102. The molecule has 0 spiro atoms. The van der Waals surface area contributed by atoms with Gasteiger partial charge in [0, 0.05) is 30.9 Å². The molecule has 4 rings (SSSR count). The molecule has 0 saturated carbocycles. The number of fused-ring (bicyclic) bond motifs is 1. The Morgan fingerprint density at radius 1 is 0.935 bits per heavy atom. The van der Waals surface area contributed by atoms with E-state index in [0.717, 1.165) is 49.7 Å². The van der Waals surface area contributed by atoms with Crippen LogP contribution in [-0.2, 0) is 19.4 Å². The molecule has 0 atom stereocenters. The average Bonchev–Trinajstić information content (AvgIpc) is 2.83. The summed E-state index contributed by atoms with van der Waals surface area (Å²) < 4.78 is 10.9. The second kappa shape index (κ2) is 9.67. The number of amides is 1. The van der Waals surface area contributed by atoms with Crippen molar-refractivity contribution in [3.63, 3.8) is 0 Å². The van der Waals surface area contributed by atoms with Crippen LogP contribution in [0.2, 0.25) is 0 Å². The summed E-state index contributed by atoms with van der Waals surface area (Å²) in [5.41, 5.74) is 5.38. The van der Waals surface area contributed by atoms with Crippen molar-refractivity contribution < 1.29 is 14.3 Å². The SMILES string of the molecule is COc1cc2c(cc1OC)CN(CCc1ccc(NC(=O)c3ccccc3)cc1)CC2. The Morgan fingerprint density at radius 2 is 1.61 bits per heavy atom. The third-order valence-electron chi connectivity index (χ3n) is 5.76. The maximum Gasteiger partial charge on any atom is 0.255 e. The Morgan fingerprint density at radius 3 is 2.29 bits per heavy atom. The Bertz CT molecular complexity index is 1030. The highest BCUT2D eigenvalue weighted by atomic mass is 16.5. The van der Waals surface area contributed by atoms with Crippen molar-refractivity contribution in [1.82, 2.24) is 4.90 Å². The van der Waals surface area contributed by atoms with Gasteiger partial charge in [-0.1, -0.05) is 30.3 Å². The molecule has 5 heteroatoms. The van der Waals surface area contributed by atoms with Crippen molar-refractivity contribution in [2.75, 3.05) is 32.6 Å². The molecule has 0 fully saturated rings. The zero-order valence-electron chi connectivity index (χ0n) is 18.1. The van der Waals surface area contributed by atoms with Gasteiger partial charge >= 0.3 is 0 Å². The normalized spacial score (nSPS) is 13.4. The van der Waals surface area contributed by atoms with Gasteiger partial charge in [0.25, 0.3) is 5.91 Å². The average molecular weight is 417 g/mol. The van der Waals surface area contributed by atoms with E-state index in [-0.39, 0.29) is 5.91 Å². The highest BCUT2D eigenvalue weighted by Gasteiger charge is 2.19. The summed E-state index contributed by atoms with van der Waals surface area (Å²) in [6.07, 6.45) is 1.98. The number of hydrogen-bond donors (Lipinski definition) is 1. The number of nitrogens with zero attached hydrogens (tertiary/aromatic N) is 1. The molecule has 31 heavy (non-hydrogen) atoms. The summed E-state index contributed by atoms with van der Waals surface area (Å²) in [5, 5.41) is 2.95. The number of anilines is 1. The molecule has 1 heterocycles. The van der Waals surface area contributed by atoms with Crippen LogP contribution in [0, 0.1) is 0 Å². The molecule has 0 unspecified atom stereocenters. The van der Waals surface area contributed by atoms with Gasteiger partial charge in [0.1, 0.15) is 0 Å². The van der Waals surface area contributed by atoms with Crippen LogP contribution in [0.25, 0.3) is 0 Å². The van der Waals surface area contributed by atoms with Crippen molar-refractivity contribution in [2.24, 2.45) is 0 Å². The van der Waals surface area contributed by atoms with Gasteiger partial charge in [-0.3, -0.25) is 9.69 Å². The number of rotatable bonds is 7. The third-order valence-corrected chi connectivity index (χ3v) is 5.76. The van der Waals surface area contributed by atoms with Crippen molar-refractivity contribution in [1.29, 1.82) is 0 Å². The fourth-order valence-electron chi connectivity index (χ4n) is 3.97. The van der Waals surface area contributed by atoms with E-state index in [1.807, 2.05) is 42.5 Å². The van der Waals surface area contributed by atoms with Gasteiger partial charge < -0.3 is 14.8 Å². The zero-order chi connectivity index (χ0) is 21.6. The second-order valence-corrected chi connectivity index (χ2v) is 7.77. The lowest BCUT2D eigenvalue weighted by Gasteiger charge is -2.29. The molecule has 160 valence electrons.